The zero-order valence-electron chi connectivity index (χ0n) is 19.6. The van der Waals surface area contributed by atoms with Gasteiger partial charge < -0.3 is 9.47 Å². The van der Waals surface area contributed by atoms with Crippen LogP contribution in [0.25, 0.3) is 11.1 Å². The van der Waals surface area contributed by atoms with E-state index < -0.39 is 5.41 Å². The van der Waals surface area contributed by atoms with E-state index >= 15 is 0 Å². The number of carbonyl (C=O) groups is 1. The third kappa shape index (κ3) is 6.20. The number of hydrogen-bond acceptors (Lipinski definition) is 5. The highest BCUT2D eigenvalue weighted by Crippen LogP contribution is 2.24. The summed E-state index contributed by atoms with van der Waals surface area (Å²) in [5.41, 5.74) is 4.36. The summed E-state index contributed by atoms with van der Waals surface area (Å²) in [6.07, 6.45) is 5.14. The van der Waals surface area contributed by atoms with Crippen LogP contribution >= 0.6 is 0 Å². The molecule has 0 radical (unpaired) electrons. The Kier molecular flexibility index (Phi) is 7.09. The van der Waals surface area contributed by atoms with Gasteiger partial charge in [-0.1, -0.05) is 36.4 Å². The first-order valence-corrected chi connectivity index (χ1v) is 11.5. The molecule has 33 heavy (non-hydrogen) atoms. The Morgan fingerprint density at radius 2 is 1.55 bits per heavy atom. The summed E-state index contributed by atoms with van der Waals surface area (Å²) in [4.78, 5) is 16.3. The molecule has 1 fully saturated rings. The van der Waals surface area contributed by atoms with E-state index in [-0.39, 0.29) is 18.1 Å². The number of pyridine rings is 1. The number of aromatic nitrogens is 1. The van der Waals surface area contributed by atoms with E-state index in [0.717, 1.165) is 25.1 Å². The zero-order chi connectivity index (χ0) is 23.3. The predicted octanol–water partition coefficient (Wildman–Crippen LogP) is 5.24. The Bertz CT molecular complexity index is 1040. The fraction of sp³-hybridized carbons (Fsp3) is 0.357. The van der Waals surface area contributed by atoms with Crippen LogP contribution in [0.3, 0.4) is 0 Å². The molecule has 0 saturated carbocycles. The van der Waals surface area contributed by atoms with Gasteiger partial charge in [0.05, 0.1) is 12.0 Å². The maximum absolute atomic E-state index is 12.2. The summed E-state index contributed by atoms with van der Waals surface area (Å²) in [7, 11) is 0. The van der Waals surface area contributed by atoms with Crippen LogP contribution in [0.15, 0.2) is 73.1 Å². The van der Waals surface area contributed by atoms with Gasteiger partial charge in [-0.05, 0) is 86.7 Å². The highest BCUT2D eigenvalue weighted by molar-refractivity contribution is 5.75. The molecule has 0 aliphatic carbocycles. The van der Waals surface area contributed by atoms with Crippen molar-refractivity contribution in [3.8, 4) is 16.9 Å². The summed E-state index contributed by atoms with van der Waals surface area (Å²) >= 11 is 0. The van der Waals surface area contributed by atoms with Crippen molar-refractivity contribution in [2.75, 3.05) is 13.2 Å². The van der Waals surface area contributed by atoms with Crippen molar-refractivity contribution in [3.05, 3.63) is 84.2 Å². The van der Waals surface area contributed by atoms with Gasteiger partial charge in [0, 0.05) is 18.3 Å². The van der Waals surface area contributed by atoms with Crippen LogP contribution in [0, 0.1) is 11.3 Å². The Morgan fingerprint density at radius 3 is 2.18 bits per heavy atom. The van der Waals surface area contributed by atoms with Gasteiger partial charge in [0.15, 0.2) is 6.23 Å². The largest absolute Gasteiger partial charge is 0.493 e. The third-order valence-corrected chi connectivity index (χ3v) is 5.90. The molecule has 1 N–H and O–H groups in total. The molecule has 5 heteroatoms. The summed E-state index contributed by atoms with van der Waals surface area (Å²) < 4.78 is 11.7. The SMILES string of the molecule is CC(C)(C)C(=O)OC1NCC[C@@H]1COc1ccc(Cc2ccc(-c3ccncc3)cc2)cc1. The molecule has 1 saturated heterocycles. The van der Waals surface area contributed by atoms with Gasteiger partial charge in [0.1, 0.15) is 5.75 Å². The lowest BCUT2D eigenvalue weighted by Crippen LogP contribution is -2.38. The van der Waals surface area contributed by atoms with Crippen molar-refractivity contribution in [1.29, 1.82) is 0 Å². The summed E-state index contributed by atoms with van der Waals surface area (Å²) in [5.74, 6) is 0.791. The minimum atomic E-state index is -0.509. The van der Waals surface area contributed by atoms with Crippen molar-refractivity contribution in [1.82, 2.24) is 10.3 Å². The van der Waals surface area contributed by atoms with Crippen LogP contribution < -0.4 is 10.1 Å². The standard InChI is InChI=1S/C28H32N2O3/c1-28(2,3)27(31)33-26-24(14-17-30-26)19-32-25-10-6-21(7-11-25)18-20-4-8-22(9-5-20)23-12-15-29-16-13-23/h4-13,15-16,24,26,30H,14,17-19H2,1-3H3/t24-,26?/m1/s1. The molecule has 1 unspecified atom stereocenters. The van der Waals surface area contributed by atoms with E-state index in [1.165, 1.54) is 22.3 Å². The van der Waals surface area contributed by atoms with Crippen molar-refractivity contribution < 1.29 is 14.3 Å². The van der Waals surface area contributed by atoms with Crippen LogP contribution in [0.5, 0.6) is 5.75 Å². The smallest absolute Gasteiger partial charge is 0.312 e. The zero-order valence-corrected chi connectivity index (χ0v) is 19.6. The van der Waals surface area contributed by atoms with Crippen LogP contribution in [0.4, 0.5) is 0 Å². The molecule has 0 spiro atoms. The van der Waals surface area contributed by atoms with Gasteiger partial charge in [-0.15, -0.1) is 0 Å². The Morgan fingerprint density at radius 1 is 0.939 bits per heavy atom. The van der Waals surface area contributed by atoms with Crippen LogP contribution in [-0.4, -0.2) is 30.3 Å². The first kappa shape index (κ1) is 23.0. The molecule has 1 aliphatic heterocycles. The molecule has 0 bridgehead atoms. The minimum Gasteiger partial charge on any atom is -0.493 e. The molecular formula is C28H32N2O3. The predicted molar refractivity (Wildman–Crippen MR) is 130 cm³/mol. The Balaban J connectivity index is 1.29. The second-order valence-corrected chi connectivity index (χ2v) is 9.64. The topological polar surface area (TPSA) is 60.5 Å². The van der Waals surface area contributed by atoms with E-state index in [0.29, 0.717) is 6.61 Å². The fourth-order valence-corrected chi connectivity index (χ4v) is 3.83. The molecular weight excluding hydrogens is 412 g/mol. The molecule has 5 nitrogen and oxygen atoms in total. The third-order valence-electron chi connectivity index (χ3n) is 5.90. The molecule has 0 amide bonds. The van der Waals surface area contributed by atoms with Gasteiger partial charge >= 0.3 is 5.97 Å². The number of nitrogens with zero attached hydrogens (tertiary/aromatic N) is 1. The number of carbonyl (C=O) groups excluding carboxylic acids is 1. The molecule has 2 heterocycles. The lowest BCUT2D eigenvalue weighted by atomic mass is 9.97. The van der Waals surface area contributed by atoms with Gasteiger partial charge in [-0.25, -0.2) is 0 Å². The Labute approximate surface area is 196 Å². The van der Waals surface area contributed by atoms with Crippen molar-refractivity contribution in [2.24, 2.45) is 11.3 Å². The number of nitrogens with one attached hydrogen (secondary N) is 1. The molecule has 172 valence electrons. The molecule has 2 atom stereocenters. The van der Waals surface area contributed by atoms with Gasteiger partial charge in [0.25, 0.3) is 0 Å². The van der Waals surface area contributed by atoms with Crippen LogP contribution in [0.2, 0.25) is 0 Å². The average molecular weight is 445 g/mol. The van der Waals surface area contributed by atoms with Crippen molar-refractivity contribution in [2.45, 2.75) is 39.8 Å². The quantitative estimate of drug-likeness (QED) is 0.505. The van der Waals surface area contributed by atoms with Crippen LogP contribution in [0.1, 0.15) is 38.3 Å². The van der Waals surface area contributed by atoms with Gasteiger partial charge in [0.2, 0.25) is 0 Å². The Hall–Kier alpha value is -3.18. The summed E-state index contributed by atoms with van der Waals surface area (Å²) in [6, 6.07) is 20.9. The minimum absolute atomic E-state index is 0.148. The molecule has 1 aliphatic rings. The summed E-state index contributed by atoms with van der Waals surface area (Å²) in [6.45, 7) is 6.95. The highest BCUT2D eigenvalue weighted by atomic mass is 16.6. The number of rotatable bonds is 7. The number of benzene rings is 2. The number of esters is 1. The van der Waals surface area contributed by atoms with E-state index in [4.69, 9.17) is 9.47 Å². The molecule has 4 rings (SSSR count). The maximum Gasteiger partial charge on any atom is 0.312 e. The lowest BCUT2D eigenvalue weighted by molar-refractivity contribution is -0.162. The molecule has 2 aromatic carbocycles. The summed E-state index contributed by atoms with van der Waals surface area (Å²) in [5, 5.41) is 3.27. The monoisotopic (exact) mass is 444 g/mol. The first-order chi connectivity index (χ1) is 15.9. The van der Waals surface area contributed by atoms with Crippen molar-refractivity contribution in [3.63, 3.8) is 0 Å². The van der Waals surface area contributed by atoms with Crippen LogP contribution in [-0.2, 0) is 16.0 Å². The number of hydrogen-bond donors (Lipinski definition) is 1. The van der Waals surface area contributed by atoms with E-state index in [1.54, 1.807) is 0 Å². The van der Waals surface area contributed by atoms with Gasteiger partial charge in [-0.2, -0.15) is 0 Å². The molecule has 1 aromatic heterocycles. The fourth-order valence-electron chi connectivity index (χ4n) is 3.83. The van der Waals surface area contributed by atoms with E-state index in [2.05, 4.69) is 46.7 Å². The van der Waals surface area contributed by atoms with E-state index in [1.807, 2.05) is 57.4 Å². The van der Waals surface area contributed by atoms with E-state index in [9.17, 15) is 4.79 Å². The normalized spacial score (nSPS) is 18.2. The highest BCUT2D eigenvalue weighted by Gasteiger charge is 2.34. The maximum atomic E-state index is 12.2. The molecule has 3 aromatic rings. The second kappa shape index (κ2) is 10.2. The average Bonchev–Trinajstić information content (AvgIpc) is 3.26. The second-order valence-electron chi connectivity index (χ2n) is 9.64. The number of ether oxygens (including phenoxy) is 2. The lowest BCUT2D eigenvalue weighted by Gasteiger charge is -2.24. The van der Waals surface area contributed by atoms with Crippen molar-refractivity contribution >= 4 is 5.97 Å². The first-order valence-electron chi connectivity index (χ1n) is 11.5. The van der Waals surface area contributed by atoms with Gasteiger partial charge in [-0.3, -0.25) is 15.1 Å².